The zero-order valence-electron chi connectivity index (χ0n) is 22.2. The van der Waals surface area contributed by atoms with Crippen LogP contribution in [-0.4, -0.2) is 44.9 Å². The van der Waals surface area contributed by atoms with Crippen LogP contribution in [-0.2, 0) is 16.1 Å². The van der Waals surface area contributed by atoms with Crippen molar-refractivity contribution in [2.45, 2.75) is 51.9 Å². The molecule has 0 unspecified atom stereocenters. The normalized spacial score (nSPS) is 11.8. The van der Waals surface area contributed by atoms with Gasteiger partial charge in [-0.15, -0.1) is 10.2 Å². The number of carbonyl (C=O) groups is 3. The van der Waals surface area contributed by atoms with Crippen molar-refractivity contribution >= 4 is 58.4 Å². The molecule has 1 atom stereocenters. The van der Waals surface area contributed by atoms with Crippen LogP contribution in [0.1, 0.15) is 66.7 Å². The van der Waals surface area contributed by atoms with E-state index >= 15 is 0 Å². The van der Waals surface area contributed by atoms with Gasteiger partial charge < -0.3 is 19.9 Å². The molecule has 0 bridgehead atoms. The fourth-order valence-corrected chi connectivity index (χ4v) is 4.76. The second-order valence-corrected chi connectivity index (χ2v) is 10.7. The minimum atomic E-state index is -0.433. The van der Waals surface area contributed by atoms with E-state index in [0.29, 0.717) is 51.0 Å². The molecule has 3 rings (SSSR count). The van der Waals surface area contributed by atoms with Crippen molar-refractivity contribution in [2.24, 2.45) is 5.92 Å². The summed E-state index contributed by atoms with van der Waals surface area (Å²) in [7, 11) is 0. The highest BCUT2D eigenvalue weighted by Crippen LogP contribution is 2.27. The molecule has 2 aromatic carbocycles. The molecule has 0 aliphatic carbocycles. The molecule has 12 heteroatoms. The van der Waals surface area contributed by atoms with Crippen LogP contribution >= 0.6 is 35.0 Å². The molecule has 2 amide bonds. The number of nitrogens with zero attached hydrogens (tertiary/aromatic N) is 3. The first kappa shape index (κ1) is 30.5. The summed E-state index contributed by atoms with van der Waals surface area (Å²) in [5, 5.41) is 15.7. The van der Waals surface area contributed by atoms with Gasteiger partial charge >= 0.3 is 5.97 Å². The summed E-state index contributed by atoms with van der Waals surface area (Å²) < 4.78 is 7.03. The Labute approximate surface area is 242 Å². The zero-order valence-corrected chi connectivity index (χ0v) is 24.5. The van der Waals surface area contributed by atoms with E-state index in [1.807, 2.05) is 32.3 Å². The van der Waals surface area contributed by atoms with Crippen molar-refractivity contribution in [3.05, 3.63) is 69.5 Å². The van der Waals surface area contributed by atoms with E-state index in [0.717, 1.165) is 6.42 Å². The number of ether oxygens (including phenoxy) is 1. The summed E-state index contributed by atoms with van der Waals surface area (Å²) in [6, 6.07) is 10.9. The van der Waals surface area contributed by atoms with E-state index in [9.17, 15) is 14.4 Å². The van der Waals surface area contributed by atoms with Gasteiger partial charge in [0.15, 0.2) is 11.0 Å². The lowest BCUT2D eigenvalue weighted by Crippen LogP contribution is -2.33. The van der Waals surface area contributed by atoms with E-state index in [1.165, 1.54) is 17.8 Å². The summed E-state index contributed by atoms with van der Waals surface area (Å²) in [6.07, 6.45) is 0.727. The third kappa shape index (κ3) is 8.20. The maximum atomic E-state index is 13.0. The first-order valence-electron chi connectivity index (χ1n) is 12.5. The van der Waals surface area contributed by atoms with Crippen LogP contribution < -0.4 is 10.6 Å². The molecule has 9 nitrogen and oxygen atoms in total. The molecule has 0 aliphatic heterocycles. The Bertz CT molecular complexity index is 1330. The van der Waals surface area contributed by atoms with Gasteiger partial charge in [-0.1, -0.05) is 61.8 Å². The Morgan fingerprint density at radius 1 is 1.03 bits per heavy atom. The quantitative estimate of drug-likeness (QED) is 0.195. The van der Waals surface area contributed by atoms with Crippen LogP contribution in [0, 0.1) is 5.92 Å². The minimum absolute atomic E-state index is 0.00339. The lowest BCUT2D eigenvalue weighted by atomic mass is 10.0. The standard InChI is InChI=1S/C27H31Cl2N5O4S/c1-5-12-38-26(37)18-8-7-9-19(13-18)30-22(35)15-39-27-33-32-24(34(27)6-2)23(16(3)4)31-25(36)17-10-11-20(28)21(29)14-17/h7-11,13-14,16,23H,5-6,12,15H2,1-4H3,(H,30,35)(H,31,36)/t23-/m0/s1. The molecule has 1 aromatic heterocycles. The monoisotopic (exact) mass is 591 g/mol. The fourth-order valence-electron chi connectivity index (χ4n) is 3.65. The molecule has 2 N–H and O–H groups in total. The molecule has 0 saturated heterocycles. The molecule has 0 saturated carbocycles. The second-order valence-electron chi connectivity index (χ2n) is 8.96. The number of nitrogens with one attached hydrogen (secondary N) is 2. The van der Waals surface area contributed by atoms with Gasteiger partial charge in [-0.2, -0.15) is 0 Å². The number of hydrogen-bond acceptors (Lipinski definition) is 7. The molecule has 3 aromatic rings. The van der Waals surface area contributed by atoms with Crippen LogP contribution in [0.15, 0.2) is 47.6 Å². The molecule has 39 heavy (non-hydrogen) atoms. The molecule has 0 fully saturated rings. The fraction of sp³-hybridized carbons (Fsp3) is 0.370. The van der Waals surface area contributed by atoms with Gasteiger partial charge in [-0.3, -0.25) is 9.59 Å². The highest BCUT2D eigenvalue weighted by atomic mass is 35.5. The number of esters is 1. The number of rotatable bonds is 12. The van der Waals surface area contributed by atoms with Crippen molar-refractivity contribution in [3.63, 3.8) is 0 Å². The first-order chi connectivity index (χ1) is 18.6. The number of carbonyl (C=O) groups excluding carboxylic acids is 3. The average Bonchev–Trinajstić information content (AvgIpc) is 3.32. The Balaban J connectivity index is 1.68. The van der Waals surface area contributed by atoms with Gasteiger partial charge in [0.05, 0.1) is 34.0 Å². The summed E-state index contributed by atoms with van der Waals surface area (Å²) in [6.45, 7) is 8.68. The lowest BCUT2D eigenvalue weighted by molar-refractivity contribution is -0.113. The average molecular weight is 593 g/mol. The van der Waals surface area contributed by atoms with E-state index in [-0.39, 0.29) is 23.5 Å². The van der Waals surface area contributed by atoms with Crippen molar-refractivity contribution in [3.8, 4) is 0 Å². The van der Waals surface area contributed by atoms with Crippen molar-refractivity contribution in [1.29, 1.82) is 0 Å². The molecule has 1 heterocycles. The van der Waals surface area contributed by atoms with Crippen molar-refractivity contribution in [1.82, 2.24) is 20.1 Å². The number of thioether (sulfide) groups is 1. The smallest absolute Gasteiger partial charge is 0.338 e. The maximum absolute atomic E-state index is 13.0. The third-order valence-electron chi connectivity index (χ3n) is 5.63. The van der Waals surface area contributed by atoms with Crippen LogP contribution in [0.2, 0.25) is 10.0 Å². The highest BCUT2D eigenvalue weighted by molar-refractivity contribution is 7.99. The number of benzene rings is 2. The number of aromatic nitrogens is 3. The van der Waals surface area contributed by atoms with E-state index in [2.05, 4.69) is 20.8 Å². The Morgan fingerprint density at radius 2 is 1.79 bits per heavy atom. The maximum Gasteiger partial charge on any atom is 0.338 e. The van der Waals surface area contributed by atoms with Crippen molar-refractivity contribution in [2.75, 3.05) is 17.7 Å². The SMILES string of the molecule is CCCOC(=O)c1cccc(NC(=O)CSc2nnc([C@@H](NC(=O)c3ccc(Cl)c(Cl)c3)C(C)C)n2CC)c1. The van der Waals surface area contributed by atoms with E-state index in [4.69, 9.17) is 27.9 Å². The summed E-state index contributed by atoms with van der Waals surface area (Å²) in [4.78, 5) is 37.7. The van der Waals surface area contributed by atoms with Crippen LogP contribution in [0.5, 0.6) is 0 Å². The largest absolute Gasteiger partial charge is 0.462 e. The Morgan fingerprint density at radius 3 is 2.46 bits per heavy atom. The van der Waals surface area contributed by atoms with Gasteiger partial charge in [0, 0.05) is 17.8 Å². The molecule has 208 valence electrons. The van der Waals surface area contributed by atoms with Gasteiger partial charge in [0.1, 0.15) is 0 Å². The predicted octanol–water partition coefficient (Wildman–Crippen LogP) is 6.03. The number of amides is 2. The third-order valence-corrected chi connectivity index (χ3v) is 7.33. The van der Waals surface area contributed by atoms with Crippen LogP contribution in [0.25, 0.3) is 0 Å². The molecular weight excluding hydrogens is 561 g/mol. The molecule has 0 radical (unpaired) electrons. The topological polar surface area (TPSA) is 115 Å². The molecular formula is C27H31Cl2N5O4S. The highest BCUT2D eigenvalue weighted by Gasteiger charge is 2.26. The van der Waals surface area contributed by atoms with Gasteiger partial charge in [0.25, 0.3) is 5.91 Å². The van der Waals surface area contributed by atoms with Gasteiger partial charge in [-0.05, 0) is 55.7 Å². The summed E-state index contributed by atoms with van der Waals surface area (Å²) in [5.41, 5.74) is 1.24. The number of anilines is 1. The second kappa shape index (κ2) is 14.3. The van der Waals surface area contributed by atoms with Crippen LogP contribution in [0.4, 0.5) is 5.69 Å². The predicted molar refractivity (Wildman–Crippen MR) is 154 cm³/mol. The zero-order chi connectivity index (χ0) is 28.5. The Kier molecular flexibility index (Phi) is 11.2. The molecule has 0 spiro atoms. The van der Waals surface area contributed by atoms with Gasteiger partial charge in [-0.25, -0.2) is 4.79 Å². The molecule has 0 aliphatic rings. The number of hydrogen-bond donors (Lipinski definition) is 2. The van der Waals surface area contributed by atoms with E-state index < -0.39 is 12.0 Å². The van der Waals surface area contributed by atoms with E-state index in [1.54, 1.807) is 36.4 Å². The number of halogens is 2. The summed E-state index contributed by atoms with van der Waals surface area (Å²) in [5.74, 6) is -0.348. The Hall–Kier alpha value is -3.08. The lowest BCUT2D eigenvalue weighted by Gasteiger charge is -2.22. The van der Waals surface area contributed by atoms with Gasteiger partial charge in [0.2, 0.25) is 5.91 Å². The van der Waals surface area contributed by atoms with Crippen LogP contribution in [0.3, 0.4) is 0 Å². The summed E-state index contributed by atoms with van der Waals surface area (Å²) >= 11 is 13.3. The first-order valence-corrected chi connectivity index (χ1v) is 14.3. The minimum Gasteiger partial charge on any atom is -0.462 e. The van der Waals surface area contributed by atoms with Crippen molar-refractivity contribution < 1.29 is 19.1 Å².